The van der Waals surface area contributed by atoms with Crippen molar-refractivity contribution in [1.82, 2.24) is 0 Å². The van der Waals surface area contributed by atoms with Crippen molar-refractivity contribution in [1.29, 1.82) is 0 Å². The van der Waals surface area contributed by atoms with Crippen LogP contribution >= 0.6 is 11.3 Å². The van der Waals surface area contributed by atoms with Crippen LogP contribution in [0.2, 0.25) is 0 Å². The van der Waals surface area contributed by atoms with Crippen LogP contribution in [0.5, 0.6) is 0 Å². The molecule has 0 aliphatic heterocycles. The summed E-state index contributed by atoms with van der Waals surface area (Å²) < 4.78 is 2.78. The van der Waals surface area contributed by atoms with Crippen molar-refractivity contribution in [2.24, 2.45) is 0 Å². The Morgan fingerprint density at radius 2 is 0.938 bits per heavy atom. The second-order valence-corrected chi connectivity index (χ2v) is 15.0. The van der Waals surface area contributed by atoms with E-state index in [9.17, 15) is 0 Å². The Balaban J connectivity index is 1.05. The van der Waals surface area contributed by atoms with Crippen LogP contribution in [0.15, 0.2) is 140 Å². The smallest absolute Gasteiger partial charge is 0.0367 e. The number of hydrogen-bond acceptors (Lipinski definition) is 1. The van der Waals surface area contributed by atoms with Crippen molar-refractivity contribution in [2.75, 3.05) is 0 Å². The highest BCUT2D eigenvalue weighted by Crippen LogP contribution is 2.45. The Kier molecular flexibility index (Phi) is 5.27. The first-order valence-corrected chi connectivity index (χ1v) is 17.8. The fourth-order valence-corrected chi connectivity index (χ4v) is 9.81. The molecule has 48 heavy (non-hydrogen) atoms. The standard InChI is InChI=1S/C47H30S/c1-26(2)34-22-32-16-17-33-23-35(25-43-46(33)45(32)42(24-34)48-43)30-13-12-29-21-31(15-14-28(29)20-30)36-18-19-41-39-9-4-7-27-6-3-8-38(44(27)39)40-11-5-10-37(36)47(40)41/h3-26H,1-2H3. The monoisotopic (exact) mass is 626 g/mol. The largest absolute Gasteiger partial charge is 0.135 e. The van der Waals surface area contributed by atoms with Gasteiger partial charge >= 0.3 is 0 Å². The number of fused-ring (bicyclic) bond motifs is 3. The van der Waals surface area contributed by atoms with Gasteiger partial charge in [0.25, 0.3) is 0 Å². The first-order chi connectivity index (χ1) is 23.6. The SMILES string of the molecule is CC(C)c1cc2ccc3cc(-c4ccc5cc(-c6ccc7c8cccc9cccc(c%10cccc6c%107)c98)ccc5c4)cc4sc(c1)c2c34. The van der Waals surface area contributed by atoms with Gasteiger partial charge in [-0.15, -0.1) is 11.3 Å². The van der Waals surface area contributed by atoms with E-state index in [1.165, 1.54) is 113 Å². The molecule has 0 aliphatic rings. The molecule has 11 aromatic rings. The zero-order valence-corrected chi connectivity index (χ0v) is 27.6. The summed E-state index contributed by atoms with van der Waals surface area (Å²) in [7, 11) is 0. The minimum Gasteiger partial charge on any atom is -0.135 e. The van der Waals surface area contributed by atoms with E-state index in [1.807, 2.05) is 11.3 Å². The van der Waals surface area contributed by atoms with Crippen LogP contribution in [0, 0.1) is 0 Å². The molecule has 0 nitrogen and oxygen atoms in total. The molecule has 11 rings (SSSR count). The molecule has 0 atom stereocenters. The molecular weight excluding hydrogens is 597 g/mol. The van der Waals surface area contributed by atoms with E-state index in [0.29, 0.717) is 5.92 Å². The average molecular weight is 627 g/mol. The van der Waals surface area contributed by atoms with Gasteiger partial charge in [0.1, 0.15) is 0 Å². The normalized spacial score (nSPS) is 12.6. The predicted molar refractivity (Wildman–Crippen MR) is 212 cm³/mol. The van der Waals surface area contributed by atoms with E-state index in [0.717, 1.165) is 0 Å². The molecule has 1 aromatic heterocycles. The van der Waals surface area contributed by atoms with Crippen LogP contribution in [0.3, 0.4) is 0 Å². The highest BCUT2D eigenvalue weighted by Gasteiger charge is 2.17. The fraction of sp³-hybridized carbons (Fsp3) is 0.0638. The maximum absolute atomic E-state index is 2.41. The summed E-state index contributed by atoms with van der Waals surface area (Å²) in [5.41, 5.74) is 6.51. The molecule has 1 heteroatoms. The van der Waals surface area contributed by atoms with Crippen LogP contribution < -0.4 is 0 Å². The summed E-state index contributed by atoms with van der Waals surface area (Å²) in [5, 5.41) is 18.8. The lowest BCUT2D eigenvalue weighted by atomic mass is 9.87. The van der Waals surface area contributed by atoms with Crippen LogP contribution in [-0.4, -0.2) is 0 Å². The third-order valence-electron chi connectivity index (χ3n) is 10.9. The molecular formula is C47H30S. The Labute approximate surface area is 282 Å². The van der Waals surface area contributed by atoms with Crippen LogP contribution in [0.4, 0.5) is 0 Å². The fourth-order valence-electron chi connectivity index (χ4n) is 8.54. The summed E-state index contributed by atoms with van der Waals surface area (Å²) in [6.45, 7) is 4.57. The Morgan fingerprint density at radius 3 is 1.69 bits per heavy atom. The minimum atomic E-state index is 0.522. The van der Waals surface area contributed by atoms with E-state index in [2.05, 4.69) is 153 Å². The molecule has 224 valence electrons. The first kappa shape index (κ1) is 26.6. The maximum Gasteiger partial charge on any atom is 0.0367 e. The third kappa shape index (κ3) is 3.60. The van der Waals surface area contributed by atoms with Gasteiger partial charge in [-0.2, -0.15) is 0 Å². The second-order valence-electron chi connectivity index (χ2n) is 13.9. The van der Waals surface area contributed by atoms with Crippen molar-refractivity contribution < 1.29 is 0 Å². The summed E-state index contributed by atoms with van der Waals surface area (Å²) in [4.78, 5) is 0. The Morgan fingerprint density at radius 1 is 0.375 bits per heavy atom. The quantitative estimate of drug-likeness (QED) is 0.135. The zero-order chi connectivity index (χ0) is 31.7. The van der Waals surface area contributed by atoms with E-state index < -0.39 is 0 Å². The molecule has 0 unspecified atom stereocenters. The lowest BCUT2D eigenvalue weighted by molar-refractivity contribution is 0.870. The summed E-state index contributed by atoms with van der Waals surface area (Å²) >= 11 is 1.94. The zero-order valence-electron chi connectivity index (χ0n) is 26.8. The number of hydrogen-bond donors (Lipinski definition) is 0. The predicted octanol–water partition coefficient (Wildman–Crippen LogP) is 14.3. The van der Waals surface area contributed by atoms with Crippen LogP contribution in [0.25, 0.3) is 107 Å². The van der Waals surface area contributed by atoms with E-state index in [1.54, 1.807) is 0 Å². The number of benzene rings is 10. The van der Waals surface area contributed by atoms with Crippen molar-refractivity contribution in [2.45, 2.75) is 19.8 Å². The molecule has 0 saturated heterocycles. The van der Waals surface area contributed by atoms with Gasteiger partial charge in [0.2, 0.25) is 0 Å². The van der Waals surface area contributed by atoms with Gasteiger partial charge in [-0.3, -0.25) is 0 Å². The molecule has 0 aliphatic carbocycles. The molecule has 0 N–H and O–H groups in total. The van der Waals surface area contributed by atoms with Crippen molar-refractivity contribution in [3.8, 4) is 22.3 Å². The average Bonchev–Trinajstić information content (AvgIpc) is 3.51. The topological polar surface area (TPSA) is 0 Å². The minimum absolute atomic E-state index is 0.522. The highest BCUT2D eigenvalue weighted by atomic mass is 32.1. The van der Waals surface area contributed by atoms with Gasteiger partial charge in [-0.25, -0.2) is 0 Å². The molecule has 0 amide bonds. The van der Waals surface area contributed by atoms with Gasteiger partial charge in [-0.05, 0) is 129 Å². The molecule has 10 aromatic carbocycles. The van der Waals surface area contributed by atoms with Crippen LogP contribution in [-0.2, 0) is 0 Å². The van der Waals surface area contributed by atoms with Crippen molar-refractivity contribution in [3.63, 3.8) is 0 Å². The molecule has 0 fully saturated rings. The highest BCUT2D eigenvalue weighted by molar-refractivity contribution is 7.26. The lowest BCUT2D eigenvalue weighted by Gasteiger charge is -2.16. The Hall–Kier alpha value is -5.50. The van der Waals surface area contributed by atoms with Crippen molar-refractivity contribution in [3.05, 3.63) is 145 Å². The molecule has 0 radical (unpaired) electrons. The maximum atomic E-state index is 2.41. The Bertz CT molecular complexity index is 3030. The summed E-state index contributed by atoms with van der Waals surface area (Å²) in [6.07, 6.45) is 0. The van der Waals surface area contributed by atoms with Crippen molar-refractivity contribution >= 4 is 96.1 Å². The van der Waals surface area contributed by atoms with Gasteiger partial charge < -0.3 is 0 Å². The van der Waals surface area contributed by atoms with Crippen LogP contribution in [0.1, 0.15) is 25.3 Å². The molecule has 0 spiro atoms. The second kappa shape index (κ2) is 9.53. The lowest BCUT2D eigenvalue weighted by Crippen LogP contribution is -1.89. The summed E-state index contributed by atoms with van der Waals surface area (Å²) in [5.74, 6) is 0.522. The molecule has 1 heterocycles. The van der Waals surface area contributed by atoms with Gasteiger partial charge in [0.15, 0.2) is 0 Å². The van der Waals surface area contributed by atoms with Gasteiger partial charge in [-0.1, -0.05) is 123 Å². The molecule has 0 saturated carbocycles. The van der Waals surface area contributed by atoms with E-state index in [4.69, 9.17) is 0 Å². The first-order valence-electron chi connectivity index (χ1n) is 16.9. The molecule has 0 bridgehead atoms. The third-order valence-corrected chi connectivity index (χ3v) is 12.0. The number of thiophene rings is 1. The van der Waals surface area contributed by atoms with Gasteiger partial charge in [0.05, 0.1) is 0 Å². The van der Waals surface area contributed by atoms with E-state index in [-0.39, 0.29) is 0 Å². The van der Waals surface area contributed by atoms with Gasteiger partial charge in [0, 0.05) is 20.2 Å². The summed E-state index contributed by atoms with van der Waals surface area (Å²) in [6, 6.07) is 53.1. The van der Waals surface area contributed by atoms with E-state index >= 15 is 0 Å². The number of rotatable bonds is 3.